The highest BCUT2D eigenvalue weighted by Gasteiger charge is 2.32. The predicted octanol–water partition coefficient (Wildman–Crippen LogP) is 5.11. The van der Waals surface area contributed by atoms with Gasteiger partial charge in [-0.25, -0.2) is 4.79 Å². The first-order valence-corrected chi connectivity index (χ1v) is 10.7. The summed E-state index contributed by atoms with van der Waals surface area (Å²) in [5.41, 5.74) is 2.37. The molecule has 3 rings (SSSR count). The van der Waals surface area contributed by atoms with Gasteiger partial charge in [0.05, 0.1) is 0 Å². The van der Waals surface area contributed by atoms with Gasteiger partial charge < -0.3 is 14.5 Å². The molecule has 4 heteroatoms. The molecular formula is C23H36N2O2. The third kappa shape index (κ3) is 5.40. The van der Waals surface area contributed by atoms with E-state index in [2.05, 4.69) is 36.1 Å². The summed E-state index contributed by atoms with van der Waals surface area (Å²) in [7, 11) is 0. The van der Waals surface area contributed by atoms with Crippen molar-refractivity contribution < 1.29 is 9.53 Å². The van der Waals surface area contributed by atoms with Gasteiger partial charge in [0.25, 0.3) is 0 Å². The Kier molecular flexibility index (Phi) is 6.33. The maximum Gasteiger partial charge on any atom is 0.410 e. The normalized spacial score (nSPS) is 20.0. The predicted molar refractivity (Wildman–Crippen MR) is 111 cm³/mol. The Morgan fingerprint density at radius 2 is 1.48 bits per heavy atom. The Labute approximate surface area is 164 Å². The van der Waals surface area contributed by atoms with E-state index in [0.717, 1.165) is 57.3 Å². The number of carbonyl (C=O) groups is 1. The molecule has 1 aromatic rings. The number of rotatable bonds is 3. The molecule has 2 aliphatic heterocycles. The number of hydrogen-bond donors (Lipinski definition) is 0. The monoisotopic (exact) mass is 372 g/mol. The molecule has 0 aromatic heterocycles. The van der Waals surface area contributed by atoms with Crippen molar-refractivity contribution in [2.24, 2.45) is 11.8 Å². The largest absolute Gasteiger partial charge is 0.444 e. The first-order valence-electron chi connectivity index (χ1n) is 10.7. The number of benzene rings is 1. The van der Waals surface area contributed by atoms with E-state index in [-0.39, 0.29) is 6.09 Å². The fourth-order valence-electron chi connectivity index (χ4n) is 4.45. The summed E-state index contributed by atoms with van der Waals surface area (Å²) >= 11 is 0. The van der Waals surface area contributed by atoms with Gasteiger partial charge in [0, 0.05) is 31.9 Å². The number of nitrogens with zero attached hydrogens (tertiary/aromatic N) is 2. The standard InChI is InChI=1S/C23H36N2O2/c1-5-18-6-8-21(9-7-18)24-14-10-19(11-15-24)20-12-16-25(17-13-20)22(26)27-23(2,3)4/h6-9,19-20H,5,10-17H2,1-4H3. The molecule has 1 amide bonds. The van der Waals surface area contributed by atoms with E-state index < -0.39 is 5.60 Å². The molecule has 2 fully saturated rings. The highest BCUT2D eigenvalue weighted by atomic mass is 16.6. The van der Waals surface area contributed by atoms with Crippen LogP contribution < -0.4 is 4.90 Å². The molecule has 0 N–H and O–H groups in total. The van der Waals surface area contributed by atoms with Crippen LogP contribution in [-0.4, -0.2) is 42.8 Å². The first-order chi connectivity index (χ1) is 12.9. The number of piperidine rings is 2. The number of hydrogen-bond acceptors (Lipinski definition) is 3. The molecule has 2 saturated heterocycles. The van der Waals surface area contributed by atoms with Crippen LogP contribution in [-0.2, 0) is 11.2 Å². The van der Waals surface area contributed by atoms with Gasteiger partial charge in [-0.3, -0.25) is 0 Å². The fraction of sp³-hybridized carbons (Fsp3) is 0.696. The second kappa shape index (κ2) is 8.53. The lowest BCUT2D eigenvalue weighted by molar-refractivity contribution is 0.0152. The molecule has 27 heavy (non-hydrogen) atoms. The minimum atomic E-state index is -0.407. The summed E-state index contributed by atoms with van der Waals surface area (Å²) in [6, 6.07) is 9.07. The van der Waals surface area contributed by atoms with Crippen molar-refractivity contribution in [2.75, 3.05) is 31.1 Å². The summed E-state index contributed by atoms with van der Waals surface area (Å²) in [5, 5.41) is 0. The van der Waals surface area contributed by atoms with Gasteiger partial charge in [0.2, 0.25) is 0 Å². The Balaban J connectivity index is 1.44. The van der Waals surface area contributed by atoms with Crippen LogP contribution in [0.15, 0.2) is 24.3 Å². The van der Waals surface area contributed by atoms with Gasteiger partial charge in [0.1, 0.15) is 5.60 Å². The Morgan fingerprint density at radius 1 is 0.963 bits per heavy atom. The number of anilines is 1. The van der Waals surface area contributed by atoms with Crippen LogP contribution in [0.1, 0.15) is 58.9 Å². The van der Waals surface area contributed by atoms with E-state index in [1.54, 1.807) is 0 Å². The number of ether oxygens (including phenoxy) is 1. The molecule has 150 valence electrons. The zero-order valence-electron chi connectivity index (χ0n) is 17.5. The van der Waals surface area contributed by atoms with E-state index >= 15 is 0 Å². The summed E-state index contributed by atoms with van der Waals surface area (Å²) in [5.74, 6) is 1.56. The molecule has 0 saturated carbocycles. The van der Waals surface area contributed by atoms with Crippen LogP contribution in [0, 0.1) is 11.8 Å². The Bertz CT molecular complexity index is 604. The quantitative estimate of drug-likeness (QED) is 0.739. The molecule has 0 radical (unpaired) electrons. The van der Waals surface area contributed by atoms with Crippen molar-refractivity contribution in [3.8, 4) is 0 Å². The van der Waals surface area contributed by atoms with Gasteiger partial charge >= 0.3 is 6.09 Å². The summed E-state index contributed by atoms with van der Waals surface area (Å²) in [4.78, 5) is 16.7. The molecule has 1 aromatic carbocycles. The number of amides is 1. The first kappa shape index (κ1) is 20.0. The average molecular weight is 373 g/mol. The lowest BCUT2D eigenvalue weighted by Crippen LogP contribution is -2.44. The van der Waals surface area contributed by atoms with E-state index in [9.17, 15) is 4.79 Å². The lowest BCUT2D eigenvalue weighted by atomic mass is 9.79. The zero-order valence-corrected chi connectivity index (χ0v) is 17.5. The molecule has 2 aliphatic rings. The topological polar surface area (TPSA) is 32.8 Å². The molecule has 0 unspecified atom stereocenters. The van der Waals surface area contributed by atoms with Crippen LogP contribution in [0.2, 0.25) is 0 Å². The van der Waals surface area contributed by atoms with Crippen molar-refractivity contribution in [1.29, 1.82) is 0 Å². The van der Waals surface area contributed by atoms with Crippen LogP contribution in [0.25, 0.3) is 0 Å². The van der Waals surface area contributed by atoms with E-state index in [1.165, 1.54) is 24.1 Å². The van der Waals surface area contributed by atoms with Crippen LogP contribution >= 0.6 is 0 Å². The smallest absolute Gasteiger partial charge is 0.410 e. The minimum Gasteiger partial charge on any atom is -0.444 e. The molecule has 2 heterocycles. The molecule has 0 bridgehead atoms. The van der Waals surface area contributed by atoms with Gasteiger partial charge in [-0.15, -0.1) is 0 Å². The SMILES string of the molecule is CCc1ccc(N2CCC(C3CCN(C(=O)OC(C)(C)C)CC3)CC2)cc1. The molecule has 0 atom stereocenters. The van der Waals surface area contributed by atoms with Crippen LogP contribution in [0.4, 0.5) is 10.5 Å². The van der Waals surface area contributed by atoms with Crippen molar-refractivity contribution in [3.63, 3.8) is 0 Å². The average Bonchev–Trinajstić information content (AvgIpc) is 2.67. The fourth-order valence-corrected chi connectivity index (χ4v) is 4.45. The molecule has 4 nitrogen and oxygen atoms in total. The minimum absolute atomic E-state index is 0.147. The highest BCUT2D eigenvalue weighted by molar-refractivity contribution is 5.68. The molecule has 0 spiro atoms. The Morgan fingerprint density at radius 3 is 1.96 bits per heavy atom. The number of carbonyl (C=O) groups excluding carboxylic acids is 1. The second-order valence-corrected chi connectivity index (χ2v) is 9.15. The van der Waals surface area contributed by atoms with Crippen LogP contribution in [0.5, 0.6) is 0 Å². The van der Waals surface area contributed by atoms with Crippen molar-refractivity contribution in [1.82, 2.24) is 4.90 Å². The lowest BCUT2D eigenvalue weighted by Gasteiger charge is -2.41. The third-order valence-corrected chi connectivity index (χ3v) is 6.11. The molecular weight excluding hydrogens is 336 g/mol. The molecule has 0 aliphatic carbocycles. The highest BCUT2D eigenvalue weighted by Crippen LogP contribution is 2.34. The van der Waals surface area contributed by atoms with Gasteiger partial charge in [-0.05, 0) is 82.4 Å². The maximum absolute atomic E-state index is 12.2. The maximum atomic E-state index is 12.2. The van der Waals surface area contributed by atoms with Gasteiger partial charge in [0.15, 0.2) is 0 Å². The summed E-state index contributed by atoms with van der Waals surface area (Å²) < 4.78 is 5.52. The summed E-state index contributed by atoms with van der Waals surface area (Å²) in [6.45, 7) is 12.0. The van der Waals surface area contributed by atoms with Gasteiger partial charge in [-0.2, -0.15) is 0 Å². The third-order valence-electron chi connectivity index (χ3n) is 6.11. The van der Waals surface area contributed by atoms with Crippen molar-refractivity contribution >= 4 is 11.8 Å². The number of likely N-dealkylation sites (tertiary alicyclic amines) is 1. The van der Waals surface area contributed by atoms with E-state index in [1.807, 2.05) is 25.7 Å². The summed E-state index contributed by atoms with van der Waals surface area (Å²) in [6.07, 6.45) is 5.74. The van der Waals surface area contributed by atoms with Crippen molar-refractivity contribution in [2.45, 2.75) is 65.4 Å². The number of aryl methyl sites for hydroxylation is 1. The Hall–Kier alpha value is -1.71. The van der Waals surface area contributed by atoms with E-state index in [4.69, 9.17) is 4.74 Å². The second-order valence-electron chi connectivity index (χ2n) is 9.15. The zero-order chi connectivity index (χ0) is 19.4. The van der Waals surface area contributed by atoms with Gasteiger partial charge in [-0.1, -0.05) is 19.1 Å². The van der Waals surface area contributed by atoms with Crippen LogP contribution in [0.3, 0.4) is 0 Å². The van der Waals surface area contributed by atoms with Crippen molar-refractivity contribution in [3.05, 3.63) is 29.8 Å². The van der Waals surface area contributed by atoms with E-state index in [0.29, 0.717) is 0 Å².